The number of amides is 1. The van der Waals surface area contributed by atoms with E-state index in [0.717, 1.165) is 19.2 Å². The number of thioether (sulfide) groups is 1. The molecule has 25 heavy (non-hydrogen) atoms. The summed E-state index contributed by atoms with van der Waals surface area (Å²) < 4.78 is 1.78. The van der Waals surface area contributed by atoms with Crippen LogP contribution in [0.5, 0.6) is 0 Å². The van der Waals surface area contributed by atoms with Crippen LogP contribution in [0, 0.1) is 14.9 Å². The summed E-state index contributed by atoms with van der Waals surface area (Å²) in [7, 11) is 0. The van der Waals surface area contributed by atoms with Crippen molar-refractivity contribution in [1.29, 1.82) is 5.26 Å². The molecule has 0 bridgehead atoms. The summed E-state index contributed by atoms with van der Waals surface area (Å²) in [5, 5.41) is 20.2. The van der Waals surface area contributed by atoms with Crippen LogP contribution in [0.4, 0.5) is 5.13 Å². The van der Waals surface area contributed by atoms with Crippen molar-refractivity contribution in [3.63, 3.8) is 0 Å². The minimum atomic E-state index is -0.196. The molecule has 5 nitrogen and oxygen atoms in total. The van der Waals surface area contributed by atoms with Gasteiger partial charge in [0.05, 0.1) is 11.6 Å². The summed E-state index contributed by atoms with van der Waals surface area (Å²) in [5.74, 6) is 0.531. The lowest BCUT2D eigenvalue weighted by molar-refractivity contribution is 0.102. The molecule has 2 aromatic carbocycles. The second kappa shape index (κ2) is 8.42. The number of hydrogen-bond donors (Lipinski definition) is 1. The van der Waals surface area contributed by atoms with Gasteiger partial charge >= 0.3 is 0 Å². The maximum Gasteiger partial charge on any atom is 0.257 e. The van der Waals surface area contributed by atoms with Gasteiger partial charge in [0.1, 0.15) is 0 Å². The molecule has 0 aliphatic heterocycles. The van der Waals surface area contributed by atoms with Gasteiger partial charge in [-0.2, -0.15) is 5.26 Å². The second-order valence-corrected chi connectivity index (χ2v) is 8.38. The van der Waals surface area contributed by atoms with Gasteiger partial charge in [0.2, 0.25) is 5.13 Å². The fraction of sp³-hybridized carbons (Fsp3) is 0.0588. The molecule has 3 aromatic rings. The number of halogens is 1. The van der Waals surface area contributed by atoms with E-state index in [1.54, 1.807) is 30.0 Å². The molecular formula is C17H11IN4OS2. The van der Waals surface area contributed by atoms with Gasteiger partial charge in [-0.25, -0.2) is 0 Å². The molecule has 1 heterocycles. The summed E-state index contributed by atoms with van der Waals surface area (Å²) in [5.41, 5.74) is 2.34. The van der Waals surface area contributed by atoms with E-state index >= 15 is 0 Å². The first-order valence-electron chi connectivity index (χ1n) is 7.16. The molecule has 0 atom stereocenters. The first-order chi connectivity index (χ1) is 12.1. The normalized spacial score (nSPS) is 10.2. The van der Waals surface area contributed by atoms with Gasteiger partial charge in [-0.1, -0.05) is 41.3 Å². The van der Waals surface area contributed by atoms with Crippen LogP contribution in [0.2, 0.25) is 0 Å². The number of anilines is 1. The molecule has 0 aliphatic rings. The Morgan fingerprint density at radius 1 is 1.24 bits per heavy atom. The van der Waals surface area contributed by atoms with E-state index in [4.69, 9.17) is 5.26 Å². The van der Waals surface area contributed by atoms with Crippen molar-refractivity contribution in [3.05, 3.63) is 68.8 Å². The third-order valence-corrected chi connectivity index (χ3v) is 5.87. The highest BCUT2D eigenvalue weighted by molar-refractivity contribution is 14.1. The number of carbonyl (C=O) groups excluding carboxylic acids is 1. The molecule has 0 radical (unpaired) electrons. The third kappa shape index (κ3) is 5.01. The monoisotopic (exact) mass is 478 g/mol. The summed E-state index contributed by atoms with van der Waals surface area (Å²) >= 11 is 5.05. The largest absolute Gasteiger partial charge is 0.296 e. The molecule has 0 saturated carbocycles. The molecule has 1 aromatic heterocycles. The molecule has 1 amide bonds. The van der Waals surface area contributed by atoms with Gasteiger partial charge in [-0.3, -0.25) is 10.1 Å². The van der Waals surface area contributed by atoms with Gasteiger partial charge in [-0.05, 0) is 58.5 Å². The van der Waals surface area contributed by atoms with Crippen molar-refractivity contribution in [2.45, 2.75) is 10.1 Å². The van der Waals surface area contributed by atoms with Crippen LogP contribution in [0.3, 0.4) is 0 Å². The van der Waals surface area contributed by atoms with Crippen molar-refractivity contribution >= 4 is 56.7 Å². The Balaban J connectivity index is 1.58. The molecule has 0 spiro atoms. The molecule has 1 N–H and O–H groups in total. The summed E-state index contributed by atoms with van der Waals surface area (Å²) in [6, 6.07) is 16.9. The minimum absolute atomic E-state index is 0.196. The molecule has 0 fully saturated rings. The van der Waals surface area contributed by atoms with Gasteiger partial charge in [0.15, 0.2) is 4.34 Å². The van der Waals surface area contributed by atoms with Crippen molar-refractivity contribution in [1.82, 2.24) is 10.2 Å². The highest BCUT2D eigenvalue weighted by atomic mass is 127. The van der Waals surface area contributed by atoms with E-state index < -0.39 is 0 Å². The fourth-order valence-corrected chi connectivity index (χ4v) is 4.18. The van der Waals surface area contributed by atoms with Crippen LogP contribution in [0.15, 0.2) is 52.9 Å². The summed E-state index contributed by atoms with van der Waals surface area (Å²) in [6.07, 6.45) is 0. The minimum Gasteiger partial charge on any atom is -0.296 e. The van der Waals surface area contributed by atoms with Crippen LogP contribution in [-0.4, -0.2) is 16.1 Å². The van der Waals surface area contributed by atoms with Crippen LogP contribution >= 0.6 is 45.7 Å². The number of nitriles is 1. The predicted octanol–water partition coefficient (Wildman–Crippen LogP) is 4.56. The van der Waals surface area contributed by atoms with E-state index in [1.165, 1.54) is 11.3 Å². The molecule has 3 rings (SSSR count). The topological polar surface area (TPSA) is 78.7 Å². The smallest absolute Gasteiger partial charge is 0.257 e. The second-order valence-electron chi connectivity index (χ2n) is 4.93. The van der Waals surface area contributed by atoms with Gasteiger partial charge in [0.25, 0.3) is 5.91 Å². The number of rotatable bonds is 5. The van der Waals surface area contributed by atoms with E-state index in [1.807, 2.05) is 30.3 Å². The van der Waals surface area contributed by atoms with E-state index in [2.05, 4.69) is 44.2 Å². The number of benzene rings is 2. The van der Waals surface area contributed by atoms with Crippen LogP contribution in [-0.2, 0) is 5.75 Å². The molecule has 8 heteroatoms. The first kappa shape index (κ1) is 17.8. The van der Waals surface area contributed by atoms with Crippen molar-refractivity contribution in [2.75, 3.05) is 5.32 Å². The Hall–Kier alpha value is -1.96. The highest BCUT2D eigenvalue weighted by Gasteiger charge is 2.11. The number of nitrogens with zero attached hydrogens (tertiary/aromatic N) is 3. The Morgan fingerprint density at radius 2 is 2.04 bits per heavy atom. The zero-order valence-corrected chi connectivity index (χ0v) is 16.6. The molecule has 0 aliphatic carbocycles. The average molecular weight is 478 g/mol. The predicted molar refractivity (Wildman–Crippen MR) is 108 cm³/mol. The third-order valence-electron chi connectivity index (χ3n) is 3.16. The van der Waals surface area contributed by atoms with Gasteiger partial charge in [-0.15, -0.1) is 10.2 Å². The molecular weight excluding hydrogens is 467 g/mol. The number of hydrogen-bond acceptors (Lipinski definition) is 6. The SMILES string of the molecule is N#Cc1ccc(CSc2nnc(NC(=O)c3cccc(I)c3)s2)cc1. The van der Waals surface area contributed by atoms with E-state index in [-0.39, 0.29) is 5.91 Å². The zero-order valence-electron chi connectivity index (χ0n) is 12.8. The van der Waals surface area contributed by atoms with Crippen LogP contribution in [0.1, 0.15) is 21.5 Å². The molecule has 0 unspecified atom stereocenters. The van der Waals surface area contributed by atoms with E-state index in [0.29, 0.717) is 16.3 Å². The quantitative estimate of drug-likeness (QED) is 0.331. The van der Waals surface area contributed by atoms with Crippen LogP contribution < -0.4 is 5.32 Å². The first-order valence-corrected chi connectivity index (χ1v) is 10.0. The van der Waals surface area contributed by atoms with Crippen LogP contribution in [0.25, 0.3) is 0 Å². The summed E-state index contributed by atoms with van der Waals surface area (Å²) in [4.78, 5) is 12.2. The lowest BCUT2D eigenvalue weighted by Crippen LogP contribution is -2.11. The van der Waals surface area contributed by atoms with E-state index in [9.17, 15) is 4.79 Å². The van der Waals surface area contributed by atoms with Crippen molar-refractivity contribution in [2.24, 2.45) is 0 Å². The lowest BCUT2D eigenvalue weighted by atomic mass is 10.2. The Kier molecular flexibility index (Phi) is 6.01. The summed E-state index contributed by atoms with van der Waals surface area (Å²) in [6.45, 7) is 0. The Labute approximate surface area is 166 Å². The fourth-order valence-electron chi connectivity index (χ4n) is 1.94. The Bertz CT molecular complexity index is 934. The van der Waals surface area contributed by atoms with Gasteiger partial charge < -0.3 is 0 Å². The lowest BCUT2D eigenvalue weighted by Gasteiger charge is -2.01. The van der Waals surface area contributed by atoms with Gasteiger partial charge in [0, 0.05) is 14.9 Å². The maximum atomic E-state index is 12.2. The standard InChI is InChI=1S/C17H11IN4OS2/c18-14-3-1-2-13(8-14)15(23)20-16-21-22-17(25-16)24-10-12-6-4-11(9-19)5-7-12/h1-8H,10H2,(H,20,21,23). The zero-order chi connectivity index (χ0) is 17.6. The van der Waals surface area contributed by atoms with Crippen molar-refractivity contribution < 1.29 is 4.79 Å². The number of aromatic nitrogens is 2. The molecule has 0 saturated heterocycles. The van der Waals surface area contributed by atoms with Crippen molar-refractivity contribution in [3.8, 4) is 6.07 Å². The Morgan fingerprint density at radius 3 is 2.76 bits per heavy atom. The highest BCUT2D eigenvalue weighted by Crippen LogP contribution is 2.28. The number of carbonyl (C=O) groups is 1. The average Bonchev–Trinajstić information content (AvgIpc) is 3.08. The maximum absolute atomic E-state index is 12.2. The number of nitrogens with one attached hydrogen (secondary N) is 1. The molecule has 124 valence electrons.